The molecule has 3 atom stereocenters. The van der Waals surface area contributed by atoms with Crippen LogP contribution >= 0.6 is 11.8 Å². The average Bonchev–Trinajstić information content (AvgIpc) is 2.70. The van der Waals surface area contributed by atoms with E-state index in [-0.39, 0.29) is 128 Å². The van der Waals surface area contributed by atoms with Gasteiger partial charge in [0.25, 0.3) is 0 Å². The molecule has 0 saturated carbocycles. The number of carbonyl (C=O) groups excluding carboxylic acids is 2. The van der Waals surface area contributed by atoms with Crippen molar-refractivity contribution in [3.8, 4) is 11.8 Å². The maximum atomic E-state index is 10.8. The minimum atomic E-state index is -1.34. The van der Waals surface area contributed by atoms with Gasteiger partial charge in [-0.3, -0.25) is 0 Å². The van der Waals surface area contributed by atoms with Crippen molar-refractivity contribution < 1.29 is 128 Å². The molecule has 0 spiro atoms. The van der Waals surface area contributed by atoms with E-state index in [1.54, 1.807) is 0 Å². The molecule has 9 heteroatoms. The van der Waals surface area contributed by atoms with Crippen LogP contribution in [0.25, 0.3) is 0 Å². The molecule has 0 aromatic heterocycles. The number of carboxylic acid groups (broad SMARTS) is 2. The second-order valence-corrected chi connectivity index (χ2v) is 8.94. The molecular weight excluding hydrogens is 481 g/mol. The van der Waals surface area contributed by atoms with Crippen LogP contribution in [0, 0.1) is 11.8 Å². The number of aliphatic hydroxyl groups is 1. The van der Waals surface area contributed by atoms with Crippen LogP contribution in [0.4, 0.5) is 0 Å². The zero-order chi connectivity index (χ0) is 22.6. The summed E-state index contributed by atoms with van der Waals surface area (Å²) in [5, 5.41) is 31.1. The Labute approximate surface area is 284 Å². The Morgan fingerprint density at radius 1 is 0.938 bits per heavy atom. The fourth-order valence-corrected chi connectivity index (χ4v) is 4.08. The second-order valence-electron chi connectivity index (χ2n) is 7.76. The average molecular weight is 520 g/mol. The number of rotatable bonds is 19. The van der Waals surface area contributed by atoms with E-state index in [9.17, 15) is 24.9 Å². The molecule has 0 amide bonds. The van der Waals surface area contributed by atoms with Gasteiger partial charge in [0.1, 0.15) is 0 Å². The third-order valence-corrected chi connectivity index (χ3v) is 6.23. The number of aliphatic carboxylic acids is 2. The minimum absolute atomic E-state index is 0. The van der Waals surface area contributed by atoms with Gasteiger partial charge in [-0.05, 0) is 25.7 Å². The first-order valence-corrected chi connectivity index (χ1v) is 12.4. The molecule has 3 N–H and O–H groups in total. The van der Waals surface area contributed by atoms with Gasteiger partial charge < -0.3 is 30.6 Å². The Morgan fingerprint density at radius 2 is 1.47 bits per heavy atom. The maximum Gasteiger partial charge on any atom is 1.00 e. The van der Waals surface area contributed by atoms with Crippen LogP contribution in [0.15, 0.2) is 0 Å². The van der Waals surface area contributed by atoms with E-state index in [2.05, 4.69) is 18.8 Å². The van der Waals surface area contributed by atoms with E-state index in [0.717, 1.165) is 19.3 Å². The Balaban J connectivity index is -0.00000420. The molecular formula is C23H39K2NO5S. The Bertz CT molecular complexity index is 528. The molecule has 0 saturated heterocycles. The van der Waals surface area contributed by atoms with Crippen LogP contribution in [-0.4, -0.2) is 40.2 Å². The SMILES string of the molecule is CCCCCCCCCCCCC#C[C@H](SC[C@H](N)C(=O)[O-])[C@H](O)CCCC(=O)[O-].[K+].[K+]. The van der Waals surface area contributed by atoms with E-state index in [4.69, 9.17) is 5.73 Å². The van der Waals surface area contributed by atoms with Crippen LogP contribution in [0.5, 0.6) is 0 Å². The zero-order valence-corrected chi connectivity index (χ0v) is 27.5. The fourth-order valence-electron chi connectivity index (χ4n) is 3.00. The van der Waals surface area contributed by atoms with Gasteiger partial charge in [-0.1, -0.05) is 70.6 Å². The van der Waals surface area contributed by atoms with Crippen molar-refractivity contribution in [2.75, 3.05) is 5.75 Å². The van der Waals surface area contributed by atoms with Gasteiger partial charge in [0.15, 0.2) is 0 Å². The summed E-state index contributed by atoms with van der Waals surface area (Å²) in [5.74, 6) is 3.68. The molecule has 32 heavy (non-hydrogen) atoms. The van der Waals surface area contributed by atoms with E-state index in [1.165, 1.54) is 63.1 Å². The molecule has 174 valence electrons. The molecule has 0 unspecified atom stereocenters. The van der Waals surface area contributed by atoms with Crippen LogP contribution in [0.3, 0.4) is 0 Å². The first kappa shape index (κ1) is 38.6. The number of aliphatic hydroxyl groups excluding tert-OH is 1. The summed E-state index contributed by atoms with van der Waals surface area (Å²) < 4.78 is 0. The molecule has 0 rings (SSSR count). The second kappa shape index (κ2) is 27.6. The van der Waals surface area contributed by atoms with Crippen molar-refractivity contribution in [3.63, 3.8) is 0 Å². The van der Waals surface area contributed by atoms with Gasteiger partial charge in [0.2, 0.25) is 0 Å². The van der Waals surface area contributed by atoms with E-state index >= 15 is 0 Å². The van der Waals surface area contributed by atoms with E-state index in [1.807, 2.05) is 0 Å². The summed E-state index contributed by atoms with van der Waals surface area (Å²) in [5.41, 5.74) is 5.47. The van der Waals surface area contributed by atoms with Crippen molar-refractivity contribution in [1.29, 1.82) is 0 Å². The summed E-state index contributed by atoms with van der Waals surface area (Å²) in [4.78, 5) is 21.3. The number of thioether (sulfide) groups is 1. The topological polar surface area (TPSA) is 127 Å². The molecule has 0 aliphatic carbocycles. The van der Waals surface area contributed by atoms with Crippen LogP contribution in [0.1, 0.15) is 96.8 Å². The van der Waals surface area contributed by atoms with Crippen molar-refractivity contribution in [2.45, 2.75) is 114 Å². The predicted molar refractivity (Wildman–Crippen MR) is 118 cm³/mol. The van der Waals surface area contributed by atoms with Crippen molar-refractivity contribution in [2.24, 2.45) is 5.73 Å². The fraction of sp³-hybridized carbons (Fsp3) is 0.826. The molecule has 0 radical (unpaired) electrons. The molecule has 0 bridgehead atoms. The number of nitrogens with two attached hydrogens (primary N) is 1. The van der Waals surface area contributed by atoms with Gasteiger partial charge in [-0.25, -0.2) is 0 Å². The summed E-state index contributed by atoms with van der Waals surface area (Å²) in [7, 11) is 0. The molecule has 0 aromatic rings. The standard InChI is InChI=1S/C23H41NO5S.2K/c1-2-3-4-5-6-7-8-9-10-11-12-13-16-21(30-18-19(24)23(28)29)20(25)15-14-17-22(26)27;;/h19-21,25H,2-12,14-15,17-18,24H2,1H3,(H,26,27)(H,28,29);;/q;2*+1/p-2/t19-,20+,21-;;/m0../s1. The van der Waals surface area contributed by atoms with Gasteiger partial charge >= 0.3 is 103 Å². The normalized spacial score (nSPS) is 13.0. The van der Waals surface area contributed by atoms with Crippen molar-refractivity contribution >= 4 is 23.7 Å². The summed E-state index contributed by atoms with van der Waals surface area (Å²) >= 11 is 1.18. The molecule has 0 heterocycles. The number of hydrogen-bond acceptors (Lipinski definition) is 7. The Kier molecular flexibility index (Phi) is 33.3. The van der Waals surface area contributed by atoms with Gasteiger partial charge in [0.05, 0.1) is 23.4 Å². The minimum Gasteiger partial charge on any atom is -0.550 e. The maximum absolute atomic E-state index is 10.8. The smallest absolute Gasteiger partial charge is 0.550 e. The summed E-state index contributed by atoms with van der Waals surface area (Å²) in [6.07, 6.45) is 12.8. The molecule has 0 aromatic carbocycles. The summed E-state index contributed by atoms with van der Waals surface area (Å²) in [6.45, 7) is 2.23. The monoisotopic (exact) mass is 519 g/mol. The Hall–Kier alpha value is 2.04. The van der Waals surface area contributed by atoms with E-state index < -0.39 is 29.3 Å². The quantitative estimate of drug-likeness (QED) is 0.101. The first-order chi connectivity index (χ1) is 14.4. The van der Waals surface area contributed by atoms with Crippen LogP contribution < -0.4 is 119 Å². The van der Waals surface area contributed by atoms with Gasteiger partial charge in [-0.15, -0.1) is 17.7 Å². The first-order valence-electron chi connectivity index (χ1n) is 11.3. The molecule has 0 fully saturated rings. The zero-order valence-electron chi connectivity index (χ0n) is 20.4. The summed E-state index contributed by atoms with van der Waals surface area (Å²) in [6, 6.07) is -1.13. The van der Waals surface area contributed by atoms with Gasteiger partial charge in [0, 0.05) is 18.1 Å². The molecule has 6 nitrogen and oxygen atoms in total. The largest absolute Gasteiger partial charge is 1.00 e. The molecule has 0 aliphatic rings. The van der Waals surface area contributed by atoms with Crippen LogP contribution in [-0.2, 0) is 9.59 Å². The molecule has 0 aliphatic heterocycles. The van der Waals surface area contributed by atoms with E-state index in [0.29, 0.717) is 0 Å². The van der Waals surface area contributed by atoms with Crippen molar-refractivity contribution in [3.05, 3.63) is 0 Å². The predicted octanol–water partition coefficient (Wildman–Crippen LogP) is -4.23. The third-order valence-electron chi connectivity index (χ3n) is 4.89. The number of unbranched alkanes of at least 4 members (excludes halogenated alkanes) is 10. The van der Waals surface area contributed by atoms with Crippen LogP contribution in [0.2, 0.25) is 0 Å². The number of carbonyl (C=O) groups is 2. The van der Waals surface area contributed by atoms with Crippen molar-refractivity contribution in [1.82, 2.24) is 0 Å². The number of hydrogen-bond donors (Lipinski definition) is 2. The third kappa shape index (κ3) is 25.1. The Morgan fingerprint density at radius 3 is 1.97 bits per heavy atom. The van der Waals surface area contributed by atoms with Gasteiger partial charge in [-0.2, -0.15) is 0 Å². The number of carboxylic acids is 2.